The van der Waals surface area contributed by atoms with E-state index in [4.69, 9.17) is 9.47 Å². The first-order chi connectivity index (χ1) is 15.2. The standard InChI is InChI=1S/C21H22BrN7O2/c1-30-18-7-5-15(6-8-18)14-23-28-20-25-19(24-17-4-2-3-16(22)13-17)26-21(27-20)29-9-11-31-12-10-29/h2-8,13-14H,9-12H2,1H3,(H2,24,25,26,27,28)/b23-14-. The first-order valence-corrected chi connectivity index (χ1v) is 10.5. The Labute approximate surface area is 188 Å². The van der Waals surface area contributed by atoms with Crippen LogP contribution in [0.2, 0.25) is 0 Å². The van der Waals surface area contributed by atoms with E-state index in [0.717, 1.165) is 34.6 Å². The lowest BCUT2D eigenvalue weighted by Gasteiger charge is -2.27. The molecule has 10 heteroatoms. The van der Waals surface area contributed by atoms with Crippen LogP contribution in [0.5, 0.6) is 5.75 Å². The van der Waals surface area contributed by atoms with Gasteiger partial charge in [0.2, 0.25) is 17.8 Å². The SMILES string of the molecule is COc1ccc(/C=N\Nc2nc(Nc3cccc(Br)c3)nc(N3CCOCC3)n2)cc1. The lowest BCUT2D eigenvalue weighted by atomic mass is 10.2. The van der Waals surface area contributed by atoms with Gasteiger partial charge in [-0.15, -0.1) is 0 Å². The molecule has 0 unspecified atom stereocenters. The van der Waals surface area contributed by atoms with E-state index in [2.05, 4.69) is 51.6 Å². The number of benzene rings is 2. The number of hydrogen-bond acceptors (Lipinski definition) is 9. The van der Waals surface area contributed by atoms with Gasteiger partial charge in [0.15, 0.2) is 0 Å². The Hall–Kier alpha value is -3.24. The minimum atomic E-state index is 0.346. The number of hydrogen-bond donors (Lipinski definition) is 2. The molecule has 2 heterocycles. The van der Waals surface area contributed by atoms with Crippen LogP contribution < -0.4 is 20.4 Å². The molecule has 1 aromatic heterocycles. The molecule has 1 saturated heterocycles. The van der Waals surface area contributed by atoms with Gasteiger partial charge < -0.3 is 19.7 Å². The summed E-state index contributed by atoms with van der Waals surface area (Å²) in [5.41, 5.74) is 4.69. The van der Waals surface area contributed by atoms with Gasteiger partial charge in [0, 0.05) is 23.2 Å². The predicted molar refractivity (Wildman–Crippen MR) is 124 cm³/mol. The Bertz CT molecular complexity index is 1040. The molecule has 1 fully saturated rings. The van der Waals surface area contributed by atoms with Crippen LogP contribution in [0.4, 0.5) is 23.5 Å². The zero-order valence-corrected chi connectivity index (χ0v) is 18.5. The van der Waals surface area contributed by atoms with Crippen molar-refractivity contribution in [3.63, 3.8) is 0 Å². The zero-order chi connectivity index (χ0) is 21.5. The fourth-order valence-corrected chi connectivity index (χ4v) is 3.32. The molecule has 2 aromatic carbocycles. The Balaban J connectivity index is 1.55. The summed E-state index contributed by atoms with van der Waals surface area (Å²) in [4.78, 5) is 15.6. The van der Waals surface area contributed by atoms with Crippen LogP contribution in [0.3, 0.4) is 0 Å². The number of nitrogens with zero attached hydrogens (tertiary/aromatic N) is 5. The zero-order valence-electron chi connectivity index (χ0n) is 17.0. The molecule has 0 amide bonds. The molecular formula is C21H22BrN7O2. The van der Waals surface area contributed by atoms with Gasteiger partial charge in [0.05, 0.1) is 26.5 Å². The lowest BCUT2D eigenvalue weighted by molar-refractivity contribution is 0.122. The third-order valence-corrected chi connectivity index (χ3v) is 4.99. The van der Waals surface area contributed by atoms with E-state index in [1.165, 1.54) is 0 Å². The van der Waals surface area contributed by atoms with Crippen molar-refractivity contribution in [3.8, 4) is 5.75 Å². The first-order valence-electron chi connectivity index (χ1n) is 9.74. The van der Waals surface area contributed by atoms with Crippen molar-refractivity contribution < 1.29 is 9.47 Å². The molecule has 0 radical (unpaired) electrons. The van der Waals surface area contributed by atoms with E-state index in [9.17, 15) is 0 Å². The quantitative estimate of drug-likeness (QED) is 0.388. The van der Waals surface area contributed by atoms with E-state index >= 15 is 0 Å². The molecule has 9 nitrogen and oxygen atoms in total. The minimum absolute atomic E-state index is 0.346. The van der Waals surface area contributed by atoms with E-state index in [0.29, 0.717) is 31.1 Å². The van der Waals surface area contributed by atoms with Gasteiger partial charge in [-0.3, -0.25) is 0 Å². The van der Waals surface area contributed by atoms with Gasteiger partial charge in [-0.25, -0.2) is 5.43 Å². The lowest BCUT2D eigenvalue weighted by Crippen LogP contribution is -2.37. The van der Waals surface area contributed by atoms with Crippen molar-refractivity contribution in [2.24, 2.45) is 5.10 Å². The van der Waals surface area contributed by atoms with Crippen molar-refractivity contribution in [2.45, 2.75) is 0 Å². The highest BCUT2D eigenvalue weighted by molar-refractivity contribution is 9.10. The van der Waals surface area contributed by atoms with Gasteiger partial charge in [0.25, 0.3) is 0 Å². The van der Waals surface area contributed by atoms with Gasteiger partial charge in [-0.2, -0.15) is 20.1 Å². The van der Waals surface area contributed by atoms with Crippen molar-refractivity contribution in [2.75, 3.05) is 49.1 Å². The third-order valence-electron chi connectivity index (χ3n) is 4.49. The first kappa shape index (κ1) is 21.0. The van der Waals surface area contributed by atoms with Crippen LogP contribution in [0, 0.1) is 0 Å². The monoisotopic (exact) mass is 483 g/mol. The number of ether oxygens (including phenoxy) is 2. The molecule has 160 valence electrons. The number of halogens is 1. The van der Waals surface area contributed by atoms with Crippen LogP contribution in [0.1, 0.15) is 5.56 Å². The number of anilines is 4. The summed E-state index contributed by atoms with van der Waals surface area (Å²) in [7, 11) is 1.64. The number of rotatable bonds is 7. The second-order valence-electron chi connectivity index (χ2n) is 6.66. The van der Waals surface area contributed by atoms with Crippen LogP contribution in [-0.2, 0) is 4.74 Å². The van der Waals surface area contributed by atoms with Gasteiger partial charge in [-0.05, 0) is 48.0 Å². The maximum atomic E-state index is 5.44. The summed E-state index contributed by atoms with van der Waals surface area (Å²) in [6, 6.07) is 15.4. The summed E-state index contributed by atoms with van der Waals surface area (Å²) in [5.74, 6) is 2.13. The molecule has 4 rings (SSSR count). The van der Waals surface area contributed by atoms with E-state index < -0.39 is 0 Å². The largest absolute Gasteiger partial charge is 0.497 e. The Morgan fingerprint density at radius 2 is 1.84 bits per heavy atom. The maximum Gasteiger partial charge on any atom is 0.250 e. The summed E-state index contributed by atoms with van der Waals surface area (Å²) < 4.78 is 11.6. The molecule has 2 N–H and O–H groups in total. The molecule has 3 aromatic rings. The summed E-state index contributed by atoms with van der Waals surface area (Å²) in [6.45, 7) is 2.71. The normalized spacial score (nSPS) is 13.9. The Morgan fingerprint density at radius 3 is 2.58 bits per heavy atom. The average molecular weight is 484 g/mol. The molecule has 31 heavy (non-hydrogen) atoms. The van der Waals surface area contributed by atoms with Crippen LogP contribution in [0.25, 0.3) is 0 Å². The average Bonchev–Trinajstić information content (AvgIpc) is 2.80. The molecular weight excluding hydrogens is 462 g/mol. The van der Waals surface area contributed by atoms with Gasteiger partial charge >= 0.3 is 0 Å². The number of methoxy groups -OCH3 is 1. The predicted octanol–water partition coefficient (Wildman–Crippen LogP) is 3.67. The number of hydrazone groups is 1. The maximum absolute atomic E-state index is 5.44. The molecule has 0 saturated carbocycles. The highest BCUT2D eigenvalue weighted by atomic mass is 79.9. The fraction of sp³-hybridized carbons (Fsp3) is 0.238. The van der Waals surface area contributed by atoms with Crippen molar-refractivity contribution >= 4 is 45.7 Å². The van der Waals surface area contributed by atoms with E-state index in [1.807, 2.05) is 48.5 Å². The molecule has 0 aliphatic carbocycles. The minimum Gasteiger partial charge on any atom is -0.497 e. The van der Waals surface area contributed by atoms with Gasteiger partial charge in [-0.1, -0.05) is 22.0 Å². The highest BCUT2D eigenvalue weighted by Crippen LogP contribution is 2.21. The topological polar surface area (TPSA) is 96.8 Å². The summed E-state index contributed by atoms with van der Waals surface area (Å²) in [5, 5.41) is 7.50. The highest BCUT2D eigenvalue weighted by Gasteiger charge is 2.16. The fourth-order valence-electron chi connectivity index (χ4n) is 2.93. The summed E-state index contributed by atoms with van der Waals surface area (Å²) in [6.07, 6.45) is 1.69. The second-order valence-corrected chi connectivity index (χ2v) is 7.58. The molecule has 0 spiro atoms. The second kappa shape index (κ2) is 10.2. The van der Waals surface area contributed by atoms with Gasteiger partial charge in [0.1, 0.15) is 5.75 Å². The molecule has 1 aliphatic heterocycles. The molecule has 0 atom stereocenters. The van der Waals surface area contributed by atoms with Crippen molar-refractivity contribution in [3.05, 3.63) is 58.6 Å². The van der Waals surface area contributed by atoms with Crippen LogP contribution >= 0.6 is 15.9 Å². The Morgan fingerprint density at radius 1 is 1.06 bits per heavy atom. The number of aromatic nitrogens is 3. The van der Waals surface area contributed by atoms with Crippen LogP contribution in [0.15, 0.2) is 58.1 Å². The Kier molecular flexibility index (Phi) is 6.90. The smallest absolute Gasteiger partial charge is 0.250 e. The molecule has 0 bridgehead atoms. The number of morpholine rings is 1. The number of nitrogens with one attached hydrogen (secondary N) is 2. The van der Waals surface area contributed by atoms with E-state index in [-0.39, 0.29) is 0 Å². The molecule has 1 aliphatic rings. The van der Waals surface area contributed by atoms with Crippen molar-refractivity contribution in [1.29, 1.82) is 0 Å². The van der Waals surface area contributed by atoms with Crippen molar-refractivity contribution in [1.82, 2.24) is 15.0 Å². The summed E-state index contributed by atoms with van der Waals surface area (Å²) >= 11 is 3.48. The van der Waals surface area contributed by atoms with Crippen LogP contribution in [-0.4, -0.2) is 54.6 Å². The van der Waals surface area contributed by atoms with E-state index in [1.54, 1.807) is 13.3 Å². The third kappa shape index (κ3) is 5.89.